The van der Waals surface area contributed by atoms with Gasteiger partial charge in [0.25, 0.3) is 10.0 Å². The molecule has 0 saturated carbocycles. The van der Waals surface area contributed by atoms with Gasteiger partial charge in [0.15, 0.2) is 0 Å². The van der Waals surface area contributed by atoms with Crippen LogP contribution in [0.2, 0.25) is 0 Å². The third-order valence-electron chi connectivity index (χ3n) is 3.15. The topological polar surface area (TPSA) is 64.0 Å². The highest BCUT2D eigenvalue weighted by Crippen LogP contribution is 2.30. The van der Waals surface area contributed by atoms with Crippen LogP contribution in [-0.4, -0.2) is 18.2 Å². The minimum Gasteiger partial charge on any atom is -0.280 e. The van der Waals surface area contributed by atoms with Crippen LogP contribution in [0, 0.1) is 6.92 Å². The van der Waals surface area contributed by atoms with Gasteiger partial charge in [0.1, 0.15) is 4.90 Å². The summed E-state index contributed by atoms with van der Waals surface area (Å²) in [5, 5.41) is 4.11. The van der Waals surface area contributed by atoms with Gasteiger partial charge in [0.2, 0.25) is 0 Å². The van der Waals surface area contributed by atoms with Crippen LogP contribution in [0.3, 0.4) is 0 Å². The van der Waals surface area contributed by atoms with E-state index in [4.69, 9.17) is 0 Å². The second-order valence-electron chi connectivity index (χ2n) is 5.33. The van der Waals surface area contributed by atoms with Gasteiger partial charge < -0.3 is 0 Å². The van der Waals surface area contributed by atoms with Crippen molar-refractivity contribution >= 4 is 15.7 Å². The number of aryl methyl sites for hydroxylation is 1. The SMILES string of the molecule is Cc1nn(C(C)C)cc1S(=O)(=O)Nc1ccc(C(F)(F)F)cc1. The number of rotatable bonds is 4. The molecule has 9 heteroatoms. The number of sulfonamides is 1. The maximum Gasteiger partial charge on any atom is 0.416 e. The van der Waals surface area contributed by atoms with Gasteiger partial charge in [-0.3, -0.25) is 9.40 Å². The molecule has 1 aromatic carbocycles. The van der Waals surface area contributed by atoms with Gasteiger partial charge in [0, 0.05) is 17.9 Å². The van der Waals surface area contributed by atoms with Crippen LogP contribution < -0.4 is 4.72 Å². The van der Waals surface area contributed by atoms with Gasteiger partial charge >= 0.3 is 6.18 Å². The lowest BCUT2D eigenvalue weighted by molar-refractivity contribution is -0.137. The first-order chi connectivity index (χ1) is 10.5. The molecule has 5 nitrogen and oxygen atoms in total. The monoisotopic (exact) mass is 347 g/mol. The first-order valence-corrected chi connectivity index (χ1v) is 8.25. The Balaban J connectivity index is 2.28. The van der Waals surface area contributed by atoms with E-state index in [0.29, 0.717) is 5.69 Å². The van der Waals surface area contributed by atoms with Gasteiger partial charge in [-0.25, -0.2) is 8.42 Å². The van der Waals surface area contributed by atoms with Gasteiger partial charge in [-0.1, -0.05) is 0 Å². The summed E-state index contributed by atoms with van der Waals surface area (Å²) in [6, 6.07) is 3.78. The number of anilines is 1. The number of hydrogen-bond donors (Lipinski definition) is 1. The molecule has 1 N–H and O–H groups in total. The van der Waals surface area contributed by atoms with Crippen LogP contribution in [0.25, 0.3) is 0 Å². The number of aromatic nitrogens is 2. The zero-order valence-electron chi connectivity index (χ0n) is 12.7. The van der Waals surface area contributed by atoms with E-state index in [-0.39, 0.29) is 16.6 Å². The number of nitrogens with one attached hydrogen (secondary N) is 1. The summed E-state index contributed by atoms with van der Waals surface area (Å²) in [4.78, 5) is -0.00824. The second kappa shape index (κ2) is 5.88. The van der Waals surface area contributed by atoms with Crippen molar-refractivity contribution in [1.29, 1.82) is 0 Å². The molecule has 1 heterocycles. The Hall–Kier alpha value is -2.03. The molecule has 1 aromatic heterocycles. The largest absolute Gasteiger partial charge is 0.416 e. The van der Waals surface area contributed by atoms with Gasteiger partial charge in [0.05, 0.1) is 11.3 Å². The summed E-state index contributed by atoms with van der Waals surface area (Å²) in [5.74, 6) is 0. The minimum absolute atomic E-state index is 0.00824. The van der Waals surface area contributed by atoms with Crippen molar-refractivity contribution < 1.29 is 21.6 Å². The molecule has 0 saturated heterocycles. The molecule has 0 radical (unpaired) electrons. The van der Waals surface area contributed by atoms with Crippen molar-refractivity contribution in [2.75, 3.05) is 4.72 Å². The molecule has 0 aliphatic heterocycles. The molecule has 0 aliphatic rings. The molecule has 126 valence electrons. The fourth-order valence-electron chi connectivity index (χ4n) is 1.93. The molecule has 2 rings (SSSR count). The fraction of sp³-hybridized carbons (Fsp3) is 0.357. The number of alkyl halides is 3. The van der Waals surface area contributed by atoms with E-state index in [9.17, 15) is 21.6 Å². The normalized spacial score (nSPS) is 12.7. The summed E-state index contributed by atoms with van der Waals surface area (Å²) < 4.78 is 66.0. The molecule has 0 unspecified atom stereocenters. The smallest absolute Gasteiger partial charge is 0.280 e. The van der Waals surface area contributed by atoms with E-state index in [2.05, 4.69) is 9.82 Å². The number of benzene rings is 1. The van der Waals surface area contributed by atoms with Gasteiger partial charge in [-0.05, 0) is 45.0 Å². The summed E-state index contributed by atoms with van der Waals surface area (Å²) >= 11 is 0. The Morgan fingerprint density at radius 2 is 1.74 bits per heavy atom. The molecule has 0 amide bonds. The Morgan fingerprint density at radius 3 is 2.17 bits per heavy atom. The van der Waals surface area contributed by atoms with Crippen LogP contribution in [0.1, 0.15) is 31.1 Å². The maximum atomic E-state index is 12.5. The van der Waals surface area contributed by atoms with E-state index in [1.54, 1.807) is 6.92 Å². The van der Waals surface area contributed by atoms with E-state index < -0.39 is 21.8 Å². The van der Waals surface area contributed by atoms with E-state index >= 15 is 0 Å². The molecule has 2 aromatic rings. The lowest BCUT2D eigenvalue weighted by Gasteiger charge is -2.09. The zero-order chi connectivity index (χ0) is 17.4. The third kappa shape index (κ3) is 3.84. The lowest BCUT2D eigenvalue weighted by Crippen LogP contribution is -2.14. The highest BCUT2D eigenvalue weighted by molar-refractivity contribution is 7.92. The van der Waals surface area contributed by atoms with Gasteiger partial charge in [-0.15, -0.1) is 0 Å². The molecular weight excluding hydrogens is 331 g/mol. The highest BCUT2D eigenvalue weighted by atomic mass is 32.2. The predicted molar refractivity (Wildman–Crippen MR) is 79.6 cm³/mol. The molecule has 0 bridgehead atoms. The molecule has 23 heavy (non-hydrogen) atoms. The summed E-state index contributed by atoms with van der Waals surface area (Å²) in [5.41, 5.74) is -0.475. The van der Waals surface area contributed by atoms with Crippen molar-refractivity contribution in [2.45, 2.75) is 37.9 Å². The van der Waals surface area contributed by atoms with Crippen molar-refractivity contribution in [1.82, 2.24) is 9.78 Å². The summed E-state index contributed by atoms with van der Waals surface area (Å²) in [7, 11) is -3.92. The van der Waals surface area contributed by atoms with Crippen molar-refractivity contribution in [2.24, 2.45) is 0 Å². The van der Waals surface area contributed by atoms with Crippen molar-refractivity contribution in [3.63, 3.8) is 0 Å². The fourth-order valence-corrected chi connectivity index (χ4v) is 3.16. The average molecular weight is 347 g/mol. The van der Waals surface area contributed by atoms with E-state index in [1.165, 1.54) is 10.9 Å². The number of hydrogen-bond acceptors (Lipinski definition) is 3. The van der Waals surface area contributed by atoms with Crippen molar-refractivity contribution in [3.8, 4) is 0 Å². The first kappa shape index (κ1) is 17.3. The Morgan fingerprint density at radius 1 is 1.17 bits per heavy atom. The quantitative estimate of drug-likeness (QED) is 0.919. The highest BCUT2D eigenvalue weighted by Gasteiger charge is 2.30. The van der Waals surface area contributed by atoms with Crippen LogP contribution in [0.5, 0.6) is 0 Å². The average Bonchev–Trinajstić information content (AvgIpc) is 2.81. The lowest BCUT2D eigenvalue weighted by atomic mass is 10.2. The maximum absolute atomic E-state index is 12.5. The number of halogens is 3. The minimum atomic E-state index is -4.47. The molecule has 0 atom stereocenters. The summed E-state index contributed by atoms with van der Waals surface area (Å²) in [6.07, 6.45) is -3.07. The van der Waals surface area contributed by atoms with E-state index in [0.717, 1.165) is 24.3 Å². The Bertz CT molecular complexity index is 794. The van der Waals surface area contributed by atoms with E-state index in [1.807, 2.05) is 13.8 Å². The van der Waals surface area contributed by atoms with Crippen LogP contribution in [0.4, 0.5) is 18.9 Å². The zero-order valence-corrected chi connectivity index (χ0v) is 13.5. The standard InChI is InChI=1S/C14H16F3N3O2S/c1-9(2)20-8-13(10(3)18-20)23(21,22)19-12-6-4-11(5-7-12)14(15,16)17/h4-9,19H,1-3H3. The Labute approximate surface area is 132 Å². The predicted octanol–water partition coefficient (Wildman–Crippen LogP) is 3.59. The molecule has 0 spiro atoms. The van der Waals surface area contributed by atoms with Crippen molar-refractivity contribution in [3.05, 3.63) is 41.7 Å². The molecular formula is C14H16F3N3O2S. The first-order valence-electron chi connectivity index (χ1n) is 6.76. The third-order valence-corrected chi connectivity index (χ3v) is 4.64. The second-order valence-corrected chi connectivity index (χ2v) is 6.98. The summed E-state index contributed by atoms with van der Waals surface area (Å²) in [6.45, 7) is 5.26. The molecule has 0 fully saturated rings. The van der Waals surface area contributed by atoms with Crippen LogP contribution in [0.15, 0.2) is 35.4 Å². The number of nitrogens with zero attached hydrogens (tertiary/aromatic N) is 2. The van der Waals surface area contributed by atoms with Crippen LogP contribution in [-0.2, 0) is 16.2 Å². The van der Waals surface area contributed by atoms with Crippen LogP contribution >= 0.6 is 0 Å². The Kier molecular flexibility index (Phi) is 4.43. The molecule has 0 aliphatic carbocycles. The van der Waals surface area contributed by atoms with Gasteiger partial charge in [-0.2, -0.15) is 18.3 Å².